The first-order valence-electron chi connectivity index (χ1n) is 10.8. The number of fused-ring (bicyclic) bond motifs is 1. The summed E-state index contributed by atoms with van der Waals surface area (Å²) in [5.41, 5.74) is 5.43. The van der Waals surface area contributed by atoms with Crippen LogP contribution < -0.4 is 10.2 Å². The van der Waals surface area contributed by atoms with Gasteiger partial charge in [-0.2, -0.15) is 0 Å². The van der Waals surface area contributed by atoms with Crippen LogP contribution in [0.3, 0.4) is 0 Å². The molecule has 1 saturated heterocycles. The van der Waals surface area contributed by atoms with Crippen LogP contribution in [0.4, 0.5) is 10.5 Å². The molecule has 32 heavy (non-hydrogen) atoms. The van der Waals surface area contributed by atoms with Gasteiger partial charge in [0, 0.05) is 22.3 Å². The number of rotatable bonds is 4. The fraction of sp³-hybridized carbons (Fsp3) is 0.308. The summed E-state index contributed by atoms with van der Waals surface area (Å²) in [5, 5.41) is 3.33. The Balaban J connectivity index is 1.62. The number of nitrogens with one attached hydrogen (secondary N) is 1. The highest BCUT2D eigenvalue weighted by Gasteiger charge is 2.35. The smallest absolute Gasteiger partial charge is 0.329 e. The zero-order valence-electron chi connectivity index (χ0n) is 19.1. The number of carbonyl (C=O) groups excluding carboxylic acids is 2. The number of anilines is 1. The lowest BCUT2D eigenvalue weighted by Crippen LogP contribution is -2.49. The van der Waals surface area contributed by atoms with E-state index in [9.17, 15) is 9.59 Å². The van der Waals surface area contributed by atoms with E-state index in [0.29, 0.717) is 11.1 Å². The van der Waals surface area contributed by atoms with Crippen molar-refractivity contribution in [1.82, 2.24) is 10.2 Å². The summed E-state index contributed by atoms with van der Waals surface area (Å²) in [6, 6.07) is 13.2. The van der Waals surface area contributed by atoms with Gasteiger partial charge in [-0.25, -0.2) is 4.79 Å². The van der Waals surface area contributed by atoms with Crippen molar-refractivity contribution in [3.63, 3.8) is 0 Å². The molecule has 1 fully saturated rings. The number of carbonyl (C=O) groups is 2. The van der Waals surface area contributed by atoms with Crippen molar-refractivity contribution in [2.75, 3.05) is 4.90 Å². The summed E-state index contributed by atoms with van der Waals surface area (Å²) in [4.78, 5) is 29.0. The number of halogens is 1. The molecule has 0 bridgehead atoms. The summed E-state index contributed by atoms with van der Waals surface area (Å²) in [5.74, 6) is -0.333. The van der Waals surface area contributed by atoms with Gasteiger partial charge in [0.2, 0.25) is 0 Å². The first kappa shape index (κ1) is 22.2. The Bertz CT molecular complexity index is 1150. The van der Waals surface area contributed by atoms with E-state index in [1.807, 2.05) is 18.2 Å². The van der Waals surface area contributed by atoms with Gasteiger partial charge >= 0.3 is 6.03 Å². The van der Waals surface area contributed by atoms with Gasteiger partial charge in [-0.3, -0.25) is 9.69 Å². The van der Waals surface area contributed by atoms with Gasteiger partial charge in [0.15, 0.2) is 0 Å². The molecular formula is C26H28ClN3O2. The molecular weight excluding hydrogens is 422 g/mol. The Hall–Kier alpha value is -3.05. The second kappa shape index (κ2) is 8.14. The Kier molecular flexibility index (Phi) is 5.63. The van der Waals surface area contributed by atoms with E-state index in [1.54, 1.807) is 18.2 Å². The molecule has 0 atom stereocenters. The van der Waals surface area contributed by atoms with Gasteiger partial charge in [0.1, 0.15) is 5.70 Å². The van der Waals surface area contributed by atoms with E-state index in [4.69, 9.17) is 11.6 Å². The van der Waals surface area contributed by atoms with E-state index in [2.05, 4.69) is 63.0 Å². The third-order valence-corrected chi connectivity index (χ3v) is 6.19. The second-order valence-electron chi connectivity index (χ2n) is 9.23. The normalized spacial score (nSPS) is 18.8. The molecule has 3 amide bonds. The molecule has 4 rings (SSSR count). The molecule has 2 heterocycles. The summed E-state index contributed by atoms with van der Waals surface area (Å²) in [7, 11) is 0. The quantitative estimate of drug-likeness (QED) is 0.471. The molecule has 6 heteroatoms. The Morgan fingerprint density at radius 3 is 2.44 bits per heavy atom. The molecule has 2 aliphatic rings. The van der Waals surface area contributed by atoms with Crippen molar-refractivity contribution < 1.29 is 9.59 Å². The van der Waals surface area contributed by atoms with Gasteiger partial charge in [0.25, 0.3) is 5.91 Å². The molecule has 0 unspecified atom stereocenters. The second-order valence-corrected chi connectivity index (χ2v) is 9.66. The van der Waals surface area contributed by atoms with Crippen molar-refractivity contribution in [2.45, 2.75) is 52.7 Å². The van der Waals surface area contributed by atoms with Crippen molar-refractivity contribution in [1.29, 1.82) is 0 Å². The Morgan fingerprint density at radius 2 is 1.78 bits per heavy atom. The van der Waals surface area contributed by atoms with Crippen LogP contribution in [0.5, 0.6) is 0 Å². The van der Waals surface area contributed by atoms with E-state index in [-0.39, 0.29) is 23.7 Å². The van der Waals surface area contributed by atoms with E-state index in [0.717, 1.165) is 16.7 Å². The summed E-state index contributed by atoms with van der Waals surface area (Å²) in [6.45, 7) is 11.1. The third kappa shape index (κ3) is 4.05. The molecule has 2 aromatic rings. The molecule has 0 saturated carbocycles. The molecule has 0 aliphatic carbocycles. The number of benzene rings is 2. The zero-order valence-corrected chi connectivity index (χ0v) is 19.8. The largest absolute Gasteiger partial charge is 0.360 e. The van der Waals surface area contributed by atoms with Crippen LogP contribution in [-0.2, 0) is 11.3 Å². The number of imide groups is 1. The van der Waals surface area contributed by atoms with E-state index in [1.165, 1.54) is 16.2 Å². The highest BCUT2D eigenvalue weighted by molar-refractivity contribution is 6.30. The zero-order chi connectivity index (χ0) is 23.2. The van der Waals surface area contributed by atoms with Crippen molar-refractivity contribution in [2.24, 2.45) is 0 Å². The van der Waals surface area contributed by atoms with Gasteiger partial charge in [-0.15, -0.1) is 0 Å². The number of urea groups is 1. The molecule has 2 aromatic carbocycles. The van der Waals surface area contributed by atoms with Gasteiger partial charge in [-0.1, -0.05) is 35.9 Å². The fourth-order valence-electron chi connectivity index (χ4n) is 4.75. The Labute approximate surface area is 194 Å². The monoisotopic (exact) mass is 449 g/mol. The average molecular weight is 450 g/mol. The van der Waals surface area contributed by atoms with Crippen LogP contribution >= 0.6 is 11.6 Å². The van der Waals surface area contributed by atoms with E-state index < -0.39 is 6.03 Å². The highest BCUT2D eigenvalue weighted by atomic mass is 35.5. The molecule has 1 N–H and O–H groups in total. The van der Waals surface area contributed by atoms with E-state index >= 15 is 0 Å². The van der Waals surface area contributed by atoms with Gasteiger partial charge in [-0.05, 0) is 81.7 Å². The van der Waals surface area contributed by atoms with Gasteiger partial charge in [0.05, 0.1) is 12.1 Å². The number of hydrogen-bond donors (Lipinski definition) is 1. The van der Waals surface area contributed by atoms with Crippen LogP contribution in [-0.4, -0.2) is 28.4 Å². The van der Waals surface area contributed by atoms with Crippen LogP contribution in [0.2, 0.25) is 5.02 Å². The van der Waals surface area contributed by atoms with Crippen LogP contribution in [0, 0.1) is 0 Å². The third-order valence-electron chi connectivity index (χ3n) is 5.94. The number of hydrogen-bond acceptors (Lipinski definition) is 3. The lowest BCUT2D eigenvalue weighted by atomic mass is 9.87. The lowest BCUT2D eigenvalue weighted by molar-refractivity contribution is -0.123. The molecule has 5 nitrogen and oxygen atoms in total. The van der Waals surface area contributed by atoms with Gasteiger partial charge < -0.3 is 10.2 Å². The molecule has 166 valence electrons. The maximum absolute atomic E-state index is 12.9. The van der Waals surface area contributed by atoms with Crippen LogP contribution in [0.25, 0.3) is 11.6 Å². The van der Waals surface area contributed by atoms with Crippen molar-refractivity contribution >= 4 is 40.9 Å². The predicted molar refractivity (Wildman–Crippen MR) is 130 cm³/mol. The van der Waals surface area contributed by atoms with Crippen molar-refractivity contribution in [3.8, 4) is 0 Å². The minimum absolute atomic E-state index is 0.0806. The number of nitrogens with zero attached hydrogens (tertiary/aromatic N) is 2. The highest BCUT2D eigenvalue weighted by Crippen LogP contribution is 2.40. The SMILES string of the molecule is CC1=CC(C)(C)N(C(C)C)c2ccc(/C=C3\NC(=O)N(Cc4ccc(Cl)cc4)C3=O)cc21. The first-order chi connectivity index (χ1) is 15.1. The number of allylic oxidation sites excluding steroid dienone is 1. The summed E-state index contributed by atoms with van der Waals surface area (Å²) in [6.07, 6.45) is 4.03. The maximum Gasteiger partial charge on any atom is 0.329 e. The molecule has 0 spiro atoms. The minimum Gasteiger partial charge on any atom is -0.360 e. The maximum atomic E-state index is 12.9. The standard InChI is InChI=1S/C26H28ClN3O2/c1-16(2)30-23-11-8-19(12-21(23)17(3)14-26(30,4)5)13-22-24(31)29(25(32)28-22)15-18-6-9-20(27)10-7-18/h6-14,16H,15H2,1-5H3,(H,28,32)/b22-13-. The fourth-order valence-corrected chi connectivity index (χ4v) is 4.88. The predicted octanol–water partition coefficient (Wildman–Crippen LogP) is 5.84. The first-order valence-corrected chi connectivity index (χ1v) is 11.2. The molecule has 0 aromatic heterocycles. The Morgan fingerprint density at radius 1 is 1.09 bits per heavy atom. The van der Waals surface area contributed by atoms with Crippen LogP contribution in [0.15, 0.2) is 54.2 Å². The molecule has 0 radical (unpaired) electrons. The topological polar surface area (TPSA) is 52.7 Å². The summed E-state index contributed by atoms with van der Waals surface area (Å²) >= 11 is 5.93. The molecule has 2 aliphatic heterocycles. The lowest BCUT2D eigenvalue weighted by Gasteiger charge is -2.46. The number of amides is 3. The van der Waals surface area contributed by atoms with Crippen molar-refractivity contribution in [3.05, 3.63) is 76.0 Å². The van der Waals surface area contributed by atoms with Crippen LogP contribution in [0.1, 0.15) is 51.3 Å². The summed E-state index contributed by atoms with van der Waals surface area (Å²) < 4.78 is 0. The minimum atomic E-state index is -0.419. The average Bonchev–Trinajstić information content (AvgIpc) is 2.96.